The summed E-state index contributed by atoms with van der Waals surface area (Å²) in [5.74, 6) is -25.6. The molecule has 1 aliphatic heterocycles. The molecule has 1 atom stereocenters. The van der Waals surface area contributed by atoms with Gasteiger partial charge in [-0.1, -0.05) is 0 Å². The fourth-order valence-electron chi connectivity index (χ4n) is 6.20. The van der Waals surface area contributed by atoms with E-state index in [-0.39, 0.29) is 4.68 Å². The highest BCUT2D eigenvalue weighted by Gasteiger charge is 2.56. The minimum Gasteiger partial charge on any atom is -0.507 e. The van der Waals surface area contributed by atoms with Crippen molar-refractivity contribution in [3.05, 3.63) is 97.1 Å². The standard InChI is InChI=1S/C32H16F14N4O4/c1-6-26(51)12(7(2)47-48-24-20(37)16(33)13(31(41,42)43)17(34)21(24)38)28-15(27(6)52)30(4)10(54-28)5-9-11(29(30)53)8(3)49-50(9)25-22(39)18(35)14(32(44,45)46)19(36)23(25)40/h5,48,51-52H,1-4H3. The number of alkyl halides is 6. The molecular weight excluding hydrogens is 770 g/mol. The third-order valence-electron chi connectivity index (χ3n) is 8.87. The molecule has 286 valence electrons. The molecule has 0 spiro atoms. The third-order valence-corrected chi connectivity index (χ3v) is 8.87. The van der Waals surface area contributed by atoms with Crippen LogP contribution in [0, 0.1) is 60.4 Å². The second-order valence-electron chi connectivity index (χ2n) is 12.0. The number of nitrogens with one attached hydrogen (secondary N) is 1. The van der Waals surface area contributed by atoms with Crippen molar-refractivity contribution < 1.29 is 81.2 Å². The number of allylic oxidation sites excluding steroid dienone is 1. The van der Waals surface area contributed by atoms with Gasteiger partial charge in [0.15, 0.2) is 52.3 Å². The maximum Gasteiger partial charge on any atom is 0.422 e. The fourth-order valence-corrected chi connectivity index (χ4v) is 6.20. The molecule has 6 rings (SSSR count). The number of nitrogens with zero attached hydrogens (tertiary/aromatic N) is 3. The van der Waals surface area contributed by atoms with E-state index < -0.39 is 155 Å². The Hall–Kier alpha value is -5.83. The zero-order valence-corrected chi connectivity index (χ0v) is 26.9. The van der Waals surface area contributed by atoms with Crippen LogP contribution in [0.4, 0.5) is 67.2 Å². The van der Waals surface area contributed by atoms with E-state index in [9.17, 15) is 67.7 Å². The van der Waals surface area contributed by atoms with Gasteiger partial charge < -0.3 is 14.9 Å². The molecule has 1 aromatic heterocycles. The lowest BCUT2D eigenvalue weighted by Gasteiger charge is -2.27. The highest BCUT2D eigenvalue weighted by Crippen LogP contribution is 2.58. The molecule has 2 heterocycles. The second-order valence-corrected chi connectivity index (χ2v) is 12.0. The number of carbonyl (C=O) groups excluding carboxylic acids is 1. The molecule has 3 aromatic carbocycles. The van der Waals surface area contributed by atoms with Crippen LogP contribution >= 0.6 is 0 Å². The average Bonchev–Trinajstić information content (AvgIpc) is 3.54. The molecule has 1 aliphatic carbocycles. The Bertz CT molecular complexity index is 2390. The molecule has 0 fully saturated rings. The molecule has 8 nitrogen and oxygen atoms in total. The lowest BCUT2D eigenvalue weighted by Crippen LogP contribution is -2.36. The van der Waals surface area contributed by atoms with Crippen LogP contribution in [-0.4, -0.2) is 31.5 Å². The van der Waals surface area contributed by atoms with E-state index in [1.54, 1.807) is 0 Å². The fraction of sp³-hybridized carbons (Fsp3) is 0.219. The number of phenolic OH excluding ortho intramolecular Hbond substituents is 2. The topological polar surface area (TPSA) is 109 Å². The van der Waals surface area contributed by atoms with Crippen molar-refractivity contribution in [1.29, 1.82) is 0 Å². The maximum atomic E-state index is 15.1. The number of anilines is 1. The van der Waals surface area contributed by atoms with Gasteiger partial charge in [0.25, 0.3) is 0 Å². The van der Waals surface area contributed by atoms with E-state index in [0.717, 1.165) is 33.8 Å². The first-order valence-electron chi connectivity index (χ1n) is 14.6. The van der Waals surface area contributed by atoms with Crippen molar-refractivity contribution in [3.63, 3.8) is 0 Å². The van der Waals surface area contributed by atoms with Crippen LogP contribution in [0.2, 0.25) is 0 Å². The number of hydrogen-bond donors (Lipinski definition) is 3. The van der Waals surface area contributed by atoms with Crippen LogP contribution in [0.5, 0.6) is 17.2 Å². The van der Waals surface area contributed by atoms with Gasteiger partial charge in [0.2, 0.25) is 0 Å². The Morgan fingerprint density at radius 1 is 0.815 bits per heavy atom. The zero-order chi connectivity index (χ0) is 40.5. The molecule has 0 saturated carbocycles. The highest BCUT2D eigenvalue weighted by atomic mass is 19.4. The van der Waals surface area contributed by atoms with Gasteiger partial charge in [0.05, 0.1) is 33.8 Å². The number of fused-ring (bicyclic) bond motifs is 4. The quantitative estimate of drug-likeness (QED) is 0.0827. The van der Waals surface area contributed by atoms with E-state index in [1.807, 2.05) is 0 Å². The van der Waals surface area contributed by atoms with Crippen LogP contribution in [0.3, 0.4) is 0 Å². The minimum absolute atomic E-state index is 0.0873. The van der Waals surface area contributed by atoms with Crippen LogP contribution in [0.25, 0.3) is 11.8 Å². The van der Waals surface area contributed by atoms with Gasteiger partial charge >= 0.3 is 12.4 Å². The Morgan fingerprint density at radius 3 is 1.78 bits per heavy atom. The van der Waals surface area contributed by atoms with Gasteiger partial charge in [0.1, 0.15) is 50.9 Å². The van der Waals surface area contributed by atoms with Crippen LogP contribution in [0.15, 0.2) is 10.9 Å². The Kier molecular flexibility index (Phi) is 8.31. The number of rotatable bonds is 4. The molecule has 22 heteroatoms. The molecule has 3 N–H and O–H groups in total. The Morgan fingerprint density at radius 2 is 1.30 bits per heavy atom. The normalized spacial score (nSPS) is 17.0. The Labute approximate surface area is 290 Å². The number of Topliss-reactive ketones (excluding diaryl/α,β-unsaturated/α-hetero) is 1. The predicted octanol–water partition coefficient (Wildman–Crippen LogP) is 8.77. The second kappa shape index (κ2) is 11.8. The summed E-state index contributed by atoms with van der Waals surface area (Å²) in [7, 11) is 0. The highest BCUT2D eigenvalue weighted by molar-refractivity contribution is 6.15. The van der Waals surface area contributed by atoms with Gasteiger partial charge in [-0.15, -0.1) is 0 Å². The summed E-state index contributed by atoms with van der Waals surface area (Å²) in [5.41, 5.74) is -13.9. The molecule has 0 radical (unpaired) electrons. The van der Waals surface area contributed by atoms with Gasteiger partial charge in [-0.05, 0) is 27.7 Å². The molecule has 2 aliphatic rings. The van der Waals surface area contributed by atoms with Crippen molar-refractivity contribution in [2.75, 3.05) is 5.43 Å². The number of benzene rings is 3. The van der Waals surface area contributed by atoms with Crippen molar-refractivity contribution >= 4 is 23.3 Å². The lowest BCUT2D eigenvalue weighted by molar-refractivity contribution is -0.144. The van der Waals surface area contributed by atoms with E-state index in [4.69, 9.17) is 4.74 Å². The minimum atomic E-state index is -5.89. The first-order valence-corrected chi connectivity index (χ1v) is 14.6. The summed E-state index contributed by atoms with van der Waals surface area (Å²) in [4.78, 5) is 14.2. The summed E-state index contributed by atoms with van der Waals surface area (Å²) in [6.45, 7) is 4.22. The van der Waals surface area contributed by atoms with Gasteiger partial charge in [0, 0.05) is 11.6 Å². The third kappa shape index (κ3) is 5.01. The maximum absolute atomic E-state index is 15.1. The molecule has 0 amide bonds. The van der Waals surface area contributed by atoms with Gasteiger partial charge in [-0.2, -0.15) is 36.5 Å². The number of ketones is 1. The van der Waals surface area contributed by atoms with E-state index in [2.05, 4.69) is 10.2 Å². The van der Waals surface area contributed by atoms with Crippen molar-refractivity contribution in [3.8, 4) is 22.9 Å². The molecule has 1 unspecified atom stereocenters. The number of ether oxygens (including phenoxy) is 1. The summed E-state index contributed by atoms with van der Waals surface area (Å²) < 4.78 is 201. The number of phenols is 2. The van der Waals surface area contributed by atoms with E-state index in [1.165, 1.54) is 5.43 Å². The van der Waals surface area contributed by atoms with Crippen LogP contribution < -0.4 is 10.2 Å². The SMILES string of the molecule is CC(=NNc1c(F)c(F)c(C(F)(F)F)c(F)c1F)c1c(O)c(C)c(O)c2c1OC1=Cc3c(c(C)nn3-c3c(F)c(F)c(C(F)(F)F)c(F)c3F)C(=O)C12C. The lowest BCUT2D eigenvalue weighted by atomic mass is 9.71. The van der Waals surface area contributed by atoms with E-state index in [0.29, 0.717) is 0 Å². The van der Waals surface area contributed by atoms with Crippen molar-refractivity contribution in [2.24, 2.45) is 5.10 Å². The van der Waals surface area contributed by atoms with E-state index >= 15 is 8.78 Å². The first kappa shape index (κ1) is 37.9. The number of hydrazone groups is 1. The molecule has 4 aromatic rings. The van der Waals surface area contributed by atoms with Crippen molar-refractivity contribution in [1.82, 2.24) is 9.78 Å². The first-order chi connectivity index (χ1) is 24.8. The number of aryl methyl sites for hydroxylation is 1. The molecule has 0 saturated heterocycles. The summed E-state index contributed by atoms with van der Waals surface area (Å²) in [6, 6.07) is 0. The smallest absolute Gasteiger partial charge is 0.422 e. The number of aromatic hydroxyl groups is 2. The number of halogens is 14. The summed E-state index contributed by atoms with van der Waals surface area (Å²) in [6.07, 6.45) is -10.9. The molecule has 0 bridgehead atoms. The average molecular weight is 786 g/mol. The van der Waals surface area contributed by atoms with Crippen LogP contribution in [0.1, 0.15) is 63.4 Å². The predicted molar refractivity (Wildman–Crippen MR) is 155 cm³/mol. The monoisotopic (exact) mass is 786 g/mol. The van der Waals surface area contributed by atoms with Crippen LogP contribution in [-0.2, 0) is 17.8 Å². The summed E-state index contributed by atoms with van der Waals surface area (Å²) in [5, 5.41) is 29.3. The zero-order valence-electron chi connectivity index (χ0n) is 26.9. The number of carbonyl (C=O) groups is 1. The number of hydrogen-bond acceptors (Lipinski definition) is 7. The van der Waals surface area contributed by atoms with Crippen molar-refractivity contribution in [2.45, 2.75) is 45.5 Å². The van der Waals surface area contributed by atoms with Gasteiger partial charge in [-0.25, -0.2) is 39.8 Å². The number of aromatic nitrogens is 2. The van der Waals surface area contributed by atoms with Gasteiger partial charge in [-0.3, -0.25) is 10.2 Å². The largest absolute Gasteiger partial charge is 0.507 e. The summed E-state index contributed by atoms with van der Waals surface area (Å²) >= 11 is 0. The molecular formula is C32H16F14N4O4. The Balaban J connectivity index is 1.52. The molecule has 54 heavy (non-hydrogen) atoms.